The Morgan fingerprint density at radius 3 is 2.16 bits per heavy atom. The van der Waals surface area contributed by atoms with Gasteiger partial charge in [-0.3, -0.25) is 0 Å². The summed E-state index contributed by atoms with van der Waals surface area (Å²) in [4.78, 5) is 0.195. The molecule has 0 aliphatic carbocycles. The lowest BCUT2D eigenvalue weighted by Crippen LogP contribution is -1.95. The summed E-state index contributed by atoms with van der Waals surface area (Å²) in [6.45, 7) is 0. The third-order valence-corrected chi connectivity index (χ3v) is 4.49. The van der Waals surface area contributed by atoms with E-state index in [1.54, 1.807) is 24.3 Å². The predicted molar refractivity (Wildman–Crippen MR) is 79.1 cm³/mol. The van der Waals surface area contributed by atoms with Crippen LogP contribution >= 0.6 is 23.2 Å². The van der Waals surface area contributed by atoms with Crippen molar-refractivity contribution in [1.82, 2.24) is 0 Å². The first-order valence-electron chi connectivity index (χ1n) is 5.42. The first-order chi connectivity index (χ1) is 8.99. The van der Waals surface area contributed by atoms with E-state index in [4.69, 9.17) is 23.2 Å². The molecule has 0 saturated heterocycles. The maximum Gasteiger partial charge on any atom is 0.199 e. The lowest BCUT2D eigenvalue weighted by Gasteiger charge is -2.00. The van der Waals surface area contributed by atoms with Gasteiger partial charge in [-0.15, -0.1) is 0 Å². The summed E-state index contributed by atoms with van der Waals surface area (Å²) >= 11 is 11.7. The molecule has 0 bridgehead atoms. The van der Waals surface area contributed by atoms with E-state index in [1.165, 1.54) is 30.3 Å². The zero-order chi connectivity index (χ0) is 13.9. The van der Waals surface area contributed by atoms with Crippen molar-refractivity contribution in [2.24, 2.45) is 0 Å². The summed E-state index contributed by atoms with van der Waals surface area (Å²) in [6.07, 6.45) is 1.48. The Bertz CT molecular complexity index is 704. The molecule has 19 heavy (non-hydrogen) atoms. The van der Waals surface area contributed by atoms with Gasteiger partial charge in [0.15, 0.2) is 9.84 Å². The predicted octanol–water partition coefficient (Wildman–Crippen LogP) is 4.44. The lowest BCUT2D eigenvalue weighted by atomic mass is 10.2. The third kappa shape index (κ3) is 3.60. The van der Waals surface area contributed by atoms with Gasteiger partial charge >= 0.3 is 0 Å². The van der Waals surface area contributed by atoms with Crippen molar-refractivity contribution in [3.63, 3.8) is 0 Å². The van der Waals surface area contributed by atoms with Crippen LogP contribution in [0.3, 0.4) is 0 Å². The van der Waals surface area contributed by atoms with Crippen LogP contribution in [0.5, 0.6) is 0 Å². The molecule has 98 valence electrons. The summed E-state index contributed by atoms with van der Waals surface area (Å²) in [6, 6.07) is 13.0. The molecule has 5 heteroatoms. The Morgan fingerprint density at radius 1 is 0.895 bits per heavy atom. The molecule has 0 aliphatic rings. The van der Waals surface area contributed by atoms with Crippen LogP contribution in [-0.2, 0) is 9.84 Å². The molecule has 0 aromatic heterocycles. The average molecular weight is 313 g/mol. The van der Waals surface area contributed by atoms with E-state index < -0.39 is 9.84 Å². The maximum absolute atomic E-state index is 12.1. The summed E-state index contributed by atoms with van der Waals surface area (Å²) in [7, 11) is -3.49. The second-order valence-corrected chi connectivity index (χ2v) is 6.50. The van der Waals surface area contributed by atoms with Crippen molar-refractivity contribution < 1.29 is 8.42 Å². The van der Waals surface area contributed by atoms with E-state index in [2.05, 4.69) is 0 Å². The second-order valence-electron chi connectivity index (χ2n) is 3.82. The summed E-state index contributed by atoms with van der Waals surface area (Å²) in [5, 5.41) is 2.14. The SMILES string of the molecule is O=S(=O)(/C=C/c1ccccc1Cl)c1ccc(Cl)cc1. The Labute approximate surface area is 122 Å². The molecular formula is C14H10Cl2O2S. The molecule has 2 aromatic rings. The zero-order valence-corrected chi connectivity index (χ0v) is 12.1. The minimum atomic E-state index is -3.49. The van der Waals surface area contributed by atoms with Crippen LogP contribution < -0.4 is 0 Å². The van der Waals surface area contributed by atoms with Crippen LogP contribution in [0.15, 0.2) is 58.8 Å². The molecule has 2 nitrogen and oxygen atoms in total. The quantitative estimate of drug-likeness (QED) is 0.839. The average Bonchev–Trinajstić information content (AvgIpc) is 2.38. The van der Waals surface area contributed by atoms with Crippen molar-refractivity contribution in [2.75, 3.05) is 0 Å². The van der Waals surface area contributed by atoms with Gasteiger partial charge in [0.05, 0.1) is 4.90 Å². The fourth-order valence-corrected chi connectivity index (χ4v) is 2.80. The number of rotatable bonds is 3. The molecule has 0 amide bonds. The largest absolute Gasteiger partial charge is 0.219 e. The second kappa shape index (κ2) is 5.78. The summed E-state index contributed by atoms with van der Waals surface area (Å²) in [5.74, 6) is 0. The van der Waals surface area contributed by atoms with Gasteiger partial charge in [0.2, 0.25) is 0 Å². The van der Waals surface area contributed by atoms with Crippen molar-refractivity contribution in [3.05, 3.63) is 69.5 Å². The smallest absolute Gasteiger partial charge is 0.199 e. The van der Waals surface area contributed by atoms with Crippen molar-refractivity contribution in [2.45, 2.75) is 4.90 Å². The molecule has 2 aromatic carbocycles. The fourth-order valence-electron chi connectivity index (χ4n) is 1.48. The molecule has 0 aliphatic heterocycles. The minimum absolute atomic E-state index is 0.195. The molecule has 0 unspecified atom stereocenters. The third-order valence-electron chi connectivity index (χ3n) is 2.47. The summed E-state index contributed by atoms with van der Waals surface area (Å²) in [5.41, 5.74) is 0.654. The Morgan fingerprint density at radius 2 is 1.53 bits per heavy atom. The van der Waals surface area contributed by atoms with Crippen LogP contribution in [0.2, 0.25) is 10.0 Å². The van der Waals surface area contributed by atoms with E-state index in [-0.39, 0.29) is 4.90 Å². The van der Waals surface area contributed by atoms with Crippen molar-refractivity contribution in [1.29, 1.82) is 0 Å². The van der Waals surface area contributed by atoms with E-state index >= 15 is 0 Å². The van der Waals surface area contributed by atoms with Gasteiger partial charge in [-0.25, -0.2) is 8.42 Å². The lowest BCUT2D eigenvalue weighted by molar-refractivity contribution is 0.605. The molecule has 0 N–H and O–H groups in total. The molecule has 0 heterocycles. The topological polar surface area (TPSA) is 34.1 Å². The van der Waals surface area contributed by atoms with Crippen LogP contribution in [0.4, 0.5) is 0 Å². The Kier molecular flexibility index (Phi) is 4.30. The Hall–Kier alpha value is -1.29. The molecular weight excluding hydrogens is 303 g/mol. The first kappa shape index (κ1) is 14.1. The van der Waals surface area contributed by atoms with Gasteiger partial charge in [-0.05, 0) is 42.0 Å². The van der Waals surface area contributed by atoms with Crippen molar-refractivity contribution in [3.8, 4) is 0 Å². The number of benzene rings is 2. The van der Waals surface area contributed by atoms with Crippen LogP contribution in [0, 0.1) is 0 Å². The molecule has 0 saturated carbocycles. The number of hydrogen-bond donors (Lipinski definition) is 0. The first-order valence-corrected chi connectivity index (χ1v) is 7.72. The van der Waals surface area contributed by atoms with E-state index in [0.29, 0.717) is 15.6 Å². The monoisotopic (exact) mass is 312 g/mol. The van der Waals surface area contributed by atoms with E-state index in [0.717, 1.165) is 5.41 Å². The highest BCUT2D eigenvalue weighted by Gasteiger charge is 2.09. The van der Waals surface area contributed by atoms with Gasteiger partial charge in [0, 0.05) is 15.5 Å². The highest BCUT2D eigenvalue weighted by molar-refractivity contribution is 7.94. The van der Waals surface area contributed by atoms with E-state index in [9.17, 15) is 8.42 Å². The molecule has 2 rings (SSSR count). The maximum atomic E-state index is 12.1. The normalized spacial score (nSPS) is 11.9. The van der Waals surface area contributed by atoms with Gasteiger partial charge in [0.25, 0.3) is 0 Å². The molecule has 0 atom stereocenters. The zero-order valence-electron chi connectivity index (χ0n) is 9.75. The Balaban J connectivity index is 2.32. The highest BCUT2D eigenvalue weighted by Crippen LogP contribution is 2.20. The fraction of sp³-hybridized carbons (Fsp3) is 0. The van der Waals surface area contributed by atoms with Gasteiger partial charge in [-0.2, -0.15) is 0 Å². The van der Waals surface area contributed by atoms with Gasteiger partial charge in [0.1, 0.15) is 0 Å². The molecule has 0 radical (unpaired) electrons. The van der Waals surface area contributed by atoms with Gasteiger partial charge in [-0.1, -0.05) is 41.4 Å². The highest BCUT2D eigenvalue weighted by atomic mass is 35.5. The minimum Gasteiger partial charge on any atom is -0.219 e. The number of sulfone groups is 1. The standard InChI is InChI=1S/C14H10Cl2O2S/c15-12-5-7-13(8-6-12)19(17,18)10-9-11-3-1-2-4-14(11)16/h1-10H/b10-9+. The molecule has 0 spiro atoms. The van der Waals surface area contributed by atoms with Crippen molar-refractivity contribution >= 4 is 39.1 Å². The van der Waals surface area contributed by atoms with Crippen LogP contribution in [0.1, 0.15) is 5.56 Å². The van der Waals surface area contributed by atoms with E-state index in [1.807, 2.05) is 0 Å². The molecule has 0 fully saturated rings. The van der Waals surface area contributed by atoms with Crippen LogP contribution in [-0.4, -0.2) is 8.42 Å². The van der Waals surface area contributed by atoms with Crippen LogP contribution in [0.25, 0.3) is 6.08 Å². The van der Waals surface area contributed by atoms with Gasteiger partial charge < -0.3 is 0 Å². The summed E-state index contributed by atoms with van der Waals surface area (Å²) < 4.78 is 24.1. The number of hydrogen-bond acceptors (Lipinski definition) is 2. The number of halogens is 2.